The Labute approximate surface area is 108 Å². The molecule has 94 valence electrons. The van der Waals surface area contributed by atoms with Crippen LogP contribution in [0, 0.1) is 0 Å². The van der Waals surface area contributed by atoms with Crippen LogP contribution in [0.3, 0.4) is 0 Å². The number of thiophene rings is 1. The average Bonchev–Trinajstić information content (AvgIpc) is 2.88. The van der Waals surface area contributed by atoms with Crippen molar-refractivity contribution in [2.24, 2.45) is 0 Å². The predicted molar refractivity (Wildman–Crippen MR) is 69.2 cm³/mol. The van der Waals surface area contributed by atoms with Crippen LogP contribution in [0.15, 0.2) is 34.9 Å². The van der Waals surface area contributed by atoms with Gasteiger partial charge in [-0.2, -0.15) is 0 Å². The minimum Gasteiger partial charge on any atom is -0.477 e. The summed E-state index contributed by atoms with van der Waals surface area (Å²) in [7, 11) is 0. The zero-order valence-corrected chi connectivity index (χ0v) is 10.5. The molecule has 0 bridgehead atoms. The van der Waals surface area contributed by atoms with Gasteiger partial charge in [-0.25, -0.2) is 4.79 Å². The normalized spacial score (nSPS) is 14.7. The van der Waals surface area contributed by atoms with Crippen molar-refractivity contribution in [1.82, 2.24) is 0 Å². The zero-order chi connectivity index (χ0) is 12.5. The number of carboxylic acid groups (broad SMARTS) is 1. The molecule has 0 aromatic carbocycles. The first-order valence-electron chi connectivity index (χ1n) is 5.86. The molecule has 5 heteroatoms. The third kappa shape index (κ3) is 2.26. The first-order chi connectivity index (χ1) is 8.74. The Kier molecular flexibility index (Phi) is 2.83. The topological polar surface area (TPSA) is 53.7 Å². The van der Waals surface area contributed by atoms with Gasteiger partial charge in [-0.05, 0) is 37.1 Å². The second-order valence-electron chi connectivity index (χ2n) is 4.38. The largest absolute Gasteiger partial charge is 0.477 e. The van der Waals surface area contributed by atoms with Gasteiger partial charge in [0.2, 0.25) is 0 Å². The van der Waals surface area contributed by atoms with Gasteiger partial charge in [0.25, 0.3) is 0 Å². The number of rotatable bonds is 5. The molecule has 1 fully saturated rings. The van der Waals surface area contributed by atoms with E-state index in [-0.39, 0.29) is 0 Å². The maximum atomic E-state index is 10.9. The number of hydrogen-bond acceptors (Lipinski definition) is 4. The Morgan fingerprint density at radius 1 is 1.44 bits per heavy atom. The molecule has 0 unspecified atom stereocenters. The van der Waals surface area contributed by atoms with Crippen molar-refractivity contribution >= 4 is 22.3 Å². The lowest BCUT2D eigenvalue weighted by Crippen LogP contribution is -2.23. The van der Waals surface area contributed by atoms with Crippen molar-refractivity contribution < 1.29 is 14.3 Å². The molecule has 0 aliphatic heterocycles. The molecule has 4 nitrogen and oxygen atoms in total. The Bertz CT molecular complexity index is 542. The summed E-state index contributed by atoms with van der Waals surface area (Å²) in [5.41, 5.74) is 0. The van der Waals surface area contributed by atoms with E-state index in [2.05, 4.69) is 4.90 Å². The molecule has 2 heterocycles. The van der Waals surface area contributed by atoms with Gasteiger partial charge in [-0.3, -0.25) is 0 Å². The quantitative estimate of drug-likeness (QED) is 0.900. The van der Waals surface area contributed by atoms with E-state index in [4.69, 9.17) is 9.52 Å². The van der Waals surface area contributed by atoms with E-state index in [1.807, 2.05) is 18.2 Å². The van der Waals surface area contributed by atoms with Crippen LogP contribution >= 0.6 is 11.3 Å². The van der Waals surface area contributed by atoms with Crippen molar-refractivity contribution in [2.75, 3.05) is 4.90 Å². The SMILES string of the molecule is O=C(O)c1ccc(N(Cc2ccco2)C2CC2)s1. The summed E-state index contributed by atoms with van der Waals surface area (Å²) in [6.45, 7) is 0.706. The van der Waals surface area contributed by atoms with E-state index < -0.39 is 5.97 Å². The van der Waals surface area contributed by atoms with Crippen LogP contribution < -0.4 is 4.90 Å². The highest BCUT2D eigenvalue weighted by atomic mass is 32.1. The first kappa shape index (κ1) is 11.3. The Morgan fingerprint density at radius 3 is 2.83 bits per heavy atom. The van der Waals surface area contributed by atoms with Crippen molar-refractivity contribution in [3.8, 4) is 0 Å². The van der Waals surface area contributed by atoms with Gasteiger partial charge >= 0.3 is 5.97 Å². The minimum atomic E-state index is -0.861. The van der Waals surface area contributed by atoms with Crippen LogP contribution in [0.5, 0.6) is 0 Å². The highest BCUT2D eigenvalue weighted by Crippen LogP contribution is 2.37. The number of nitrogens with zero attached hydrogens (tertiary/aromatic N) is 1. The molecule has 1 aliphatic carbocycles. The molecule has 1 saturated carbocycles. The lowest BCUT2D eigenvalue weighted by Gasteiger charge is -2.21. The van der Waals surface area contributed by atoms with E-state index >= 15 is 0 Å². The molecule has 0 amide bonds. The molecule has 0 spiro atoms. The van der Waals surface area contributed by atoms with Gasteiger partial charge in [0, 0.05) is 6.04 Å². The molecule has 18 heavy (non-hydrogen) atoms. The smallest absolute Gasteiger partial charge is 0.345 e. The summed E-state index contributed by atoms with van der Waals surface area (Å²) in [6.07, 6.45) is 4.00. The molecule has 0 saturated heterocycles. The van der Waals surface area contributed by atoms with E-state index in [0.717, 1.165) is 10.8 Å². The maximum Gasteiger partial charge on any atom is 0.345 e. The Hall–Kier alpha value is -1.75. The van der Waals surface area contributed by atoms with Gasteiger partial charge in [0.15, 0.2) is 0 Å². The second kappa shape index (κ2) is 4.49. The van der Waals surface area contributed by atoms with Crippen LogP contribution in [0.25, 0.3) is 0 Å². The highest BCUT2D eigenvalue weighted by Gasteiger charge is 2.31. The average molecular weight is 263 g/mol. The van der Waals surface area contributed by atoms with E-state index in [9.17, 15) is 4.79 Å². The van der Waals surface area contributed by atoms with E-state index in [0.29, 0.717) is 17.5 Å². The molecule has 2 aromatic rings. The second-order valence-corrected chi connectivity index (χ2v) is 5.44. The van der Waals surface area contributed by atoms with E-state index in [1.54, 1.807) is 12.3 Å². The molecule has 3 rings (SSSR count). The van der Waals surface area contributed by atoms with Crippen molar-refractivity contribution in [3.63, 3.8) is 0 Å². The number of carboxylic acids is 1. The van der Waals surface area contributed by atoms with Gasteiger partial charge < -0.3 is 14.4 Å². The lowest BCUT2D eigenvalue weighted by atomic mass is 10.4. The molecule has 1 aliphatic rings. The zero-order valence-electron chi connectivity index (χ0n) is 9.70. The molecule has 2 aromatic heterocycles. The Balaban J connectivity index is 1.82. The molecule has 0 radical (unpaired) electrons. The predicted octanol–water partition coefficient (Wildman–Crippen LogP) is 3.21. The monoisotopic (exact) mass is 263 g/mol. The molecule has 0 atom stereocenters. The molecular weight excluding hydrogens is 250 g/mol. The number of carbonyl (C=O) groups is 1. The summed E-state index contributed by atoms with van der Waals surface area (Å²) in [6, 6.07) is 7.89. The highest BCUT2D eigenvalue weighted by molar-refractivity contribution is 7.17. The number of anilines is 1. The third-order valence-electron chi connectivity index (χ3n) is 2.98. The van der Waals surface area contributed by atoms with Crippen LogP contribution in [0.2, 0.25) is 0 Å². The first-order valence-corrected chi connectivity index (χ1v) is 6.68. The van der Waals surface area contributed by atoms with Crippen molar-refractivity contribution in [1.29, 1.82) is 0 Å². The van der Waals surface area contributed by atoms with Crippen molar-refractivity contribution in [2.45, 2.75) is 25.4 Å². The van der Waals surface area contributed by atoms with E-state index in [1.165, 1.54) is 24.2 Å². The summed E-state index contributed by atoms with van der Waals surface area (Å²) < 4.78 is 5.36. The number of furan rings is 1. The standard InChI is InChI=1S/C13H13NO3S/c15-13(16)11-5-6-12(18-11)14(9-3-4-9)8-10-2-1-7-17-10/h1-2,5-7,9H,3-4,8H2,(H,15,16). The fourth-order valence-electron chi connectivity index (χ4n) is 1.94. The molecular formula is C13H13NO3S. The molecule has 1 N–H and O–H groups in total. The van der Waals surface area contributed by atoms with Gasteiger partial charge in [-0.15, -0.1) is 11.3 Å². The van der Waals surface area contributed by atoms with Crippen LogP contribution in [-0.2, 0) is 6.54 Å². The summed E-state index contributed by atoms with van der Waals surface area (Å²) >= 11 is 1.32. The number of aromatic carboxylic acids is 1. The van der Waals surface area contributed by atoms with Gasteiger partial charge in [0.05, 0.1) is 17.8 Å². The van der Waals surface area contributed by atoms with Crippen LogP contribution in [0.1, 0.15) is 28.3 Å². The summed E-state index contributed by atoms with van der Waals surface area (Å²) in [5.74, 6) is 0.0483. The summed E-state index contributed by atoms with van der Waals surface area (Å²) in [4.78, 5) is 13.5. The number of hydrogen-bond donors (Lipinski definition) is 1. The van der Waals surface area contributed by atoms with Gasteiger partial charge in [0.1, 0.15) is 10.6 Å². The summed E-state index contributed by atoms with van der Waals surface area (Å²) in [5, 5.41) is 9.97. The van der Waals surface area contributed by atoms with Gasteiger partial charge in [-0.1, -0.05) is 0 Å². The maximum absolute atomic E-state index is 10.9. The fourth-order valence-corrected chi connectivity index (χ4v) is 2.86. The minimum absolute atomic E-state index is 0.384. The fraction of sp³-hybridized carbons (Fsp3) is 0.308. The van der Waals surface area contributed by atoms with Crippen LogP contribution in [-0.4, -0.2) is 17.1 Å². The van der Waals surface area contributed by atoms with Crippen molar-refractivity contribution in [3.05, 3.63) is 41.2 Å². The van der Waals surface area contributed by atoms with Crippen LogP contribution in [0.4, 0.5) is 5.00 Å². The third-order valence-corrected chi connectivity index (χ3v) is 4.09. The lowest BCUT2D eigenvalue weighted by molar-refractivity contribution is 0.0702. The Morgan fingerprint density at radius 2 is 2.28 bits per heavy atom.